The molecule has 2 aromatic rings. The van der Waals surface area contributed by atoms with Crippen LogP contribution in [0.5, 0.6) is 5.75 Å². The zero-order valence-electron chi connectivity index (χ0n) is 11.6. The van der Waals surface area contributed by atoms with E-state index in [9.17, 15) is 4.79 Å². The van der Waals surface area contributed by atoms with Gasteiger partial charge in [0, 0.05) is 21.1 Å². The van der Waals surface area contributed by atoms with Crippen molar-refractivity contribution < 1.29 is 9.53 Å². The molecule has 0 saturated heterocycles. The van der Waals surface area contributed by atoms with Gasteiger partial charge in [-0.25, -0.2) is 0 Å². The van der Waals surface area contributed by atoms with E-state index in [0.29, 0.717) is 21.5 Å². The lowest BCUT2D eigenvalue weighted by Gasteiger charge is -2.06. The SMILES string of the molecule is COc1ccc(Br)cc1C=CC(=O)Nc1cc(Cl)ccc1Cl. The van der Waals surface area contributed by atoms with Gasteiger partial charge in [-0.1, -0.05) is 39.1 Å². The number of benzene rings is 2. The summed E-state index contributed by atoms with van der Waals surface area (Å²) >= 11 is 15.3. The zero-order valence-corrected chi connectivity index (χ0v) is 14.7. The van der Waals surface area contributed by atoms with E-state index >= 15 is 0 Å². The molecule has 2 aromatic carbocycles. The van der Waals surface area contributed by atoms with Gasteiger partial charge in [0.25, 0.3) is 0 Å². The third-order valence-electron chi connectivity index (χ3n) is 2.79. The first-order chi connectivity index (χ1) is 10.5. The minimum Gasteiger partial charge on any atom is -0.496 e. The molecule has 0 fully saturated rings. The quantitative estimate of drug-likeness (QED) is 0.696. The Bertz CT molecular complexity index is 732. The maximum atomic E-state index is 12.0. The number of amides is 1. The molecule has 0 radical (unpaired) electrons. The molecule has 0 bridgehead atoms. The van der Waals surface area contributed by atoms with Crippen LogP contribution in [0.1, 0.15) is 5.56 Å². The van der Waals surface area contributed by atoms with Gasteiger partial charge in [0.1, 0.15) is 5.75 Å². The number of ether oxygens (including phenoxy) is 1. The van der Waals surface area contributed by atoms with Crippen molar-refractivity contribution in [3.8, 4) is 5.75 Å². The summed E-state index contributed by atoms with van der Waals surface area (Å²) in [5, 5.41) is 3.60. The topological polar surface area (TPSA) is 38.3 Å². The Labute approximate surface area is 147 Å². The third kappa shape index (κ3) is 4.50. The van der Waals surface area contributed by atoms with Crippen molar-refractivity contribution in [2.24, 2.45) is 0 Å². The summed E-state index contributed by atoms with van der Waals surface area (Å²) < 4.78 is 6.14. The molecule has 22 heavy (non-hydrogen) atoms. The summed E-state index contributed by atoms with van der Waals surface area (Å²) in [6.07, 6.45) is 3.07. The van der Waals surface area contributed by atoms with Crippen molar-refractivity contribution in [2.75, 3.05) is 12.4 Å². The van der Waals surface area contributed by atoms with E-state index in [-0.39, 0.29) is 5.91 Å². The molecule has 0 saturated carbocycles. The van der Waals surface area contributed by atoms with E-state index in [1.807, 2.05) is 18.2 Å². The number of nitrogens with one attached hydrogen (secondary N) is 1. The van der Waals surface area contributed by atoms with Crippen LogP contribution in [0.2, 0.25) is 10.0 Å². The molecule has 0 atom stereocenters. The molecule has 0 unspecified atom stereocenters. The summed E-state index contributed by atoms with van der Waals surface area (Å²) in [7, 11) is 1.58. The van der Waals surface area contributed by atoms with Crippen LogP contribution in [0, 0.1) is 0 Å². The molecular weight excluding hydrogens is 389 g/mol. The van der Waals surface area contributed by atoms with Gasteiger partial charge in [-0.15, -0.1) is 0 Å². The molecule has 3 nitrogen and oxygen atoms in total. The summed E-state index contributed by atoms with van der Waals surface area (Å²) in [4.78, 5) is 12.0. The summed E-state index contributed by atoms with van der Waals surface area (Å²) in [6, 6.07) is 10.4. The summed E-state index contributed by atoms with van der Waals surface area (Å²) in [6.45, 7) is 0. The Balaban J connectivity index is 2.15. The van der Waals surface area contributed by atoms with E-state index in [4.69, 9.17) is 27.9 Å². The van der Waals surface area contributed by atoms with Gasteiger partial charge in [-0.05, 0) is 42.5 Å². The van der Waals surface area contributed by atoms with Crippen molar-refractivity contribution in [3.05, 3.63) is 62.6 Å². The second-order valence-corrected chi connectivity index (χ2v) is 6.09. The van der Waals surface area contributed by atoms with Crippen LogP contribution in [0.25, 0.3) is 6.08 Å². The van der Waals surface area contributed by atoms with Gasteiger partial charge < -0.3 is 10.1 Å². The van der Waals surface area contributed by atoms with E-state index < -0.39 is 0 Å². The Morgan fingerprint density at radius 3 is 2.73 bits per heavy atom. The molecule has 114 valence electrons. The molecule has 2 rings (SSSR count). The number of methoxy groups -OCH3 is 1. The summed E-state index contributed by atoms with van der Waals surface area (Å²) in [5.41, 5.74) is 1.24. The van der Waals surface area contributed by atoms with Crippen LogP contribution >= 0.6 is 39.1 Å². The minimum atomic E-state index is -0.314. The van der Waals surface area contributed by atoms with Crippen LogP contribution in [0.3, 0.4) is 0 Å². The molecule has 1 N–H and O–H groups in total. The third-order valence-corrected chi connectivity index (χ3v) is 3.85. The average molecular weight is 401 g/mol. The van der Waals surface area contributed by atoms with Gasteiger partial charge in [-0.3, -0.25) is 4.79 Å². The van der Waals surface area contributed by atoms with Gasteiger partial charge >= 0.3 is 0 Å². The van der Waals surface area contributed by atoms with Gasteiger partial charge in [0.05, 0.1) is 17.8 Å². The Hall–Kier alpha value is -1.49. The van der Waals surface area contributed by atoms with Gasteiger partial charge in [0.15, 0.2) is 0 Å². The predicted molar refractivity (Wildman–Crippen MR) is 94.8 cm³/mol. The highest BCUT2D eigenvalue weighted by atomic mass is 79.9. The Morgan fingerprint density at radius 1 is 1.23 bits per heavy atom. The molecule has 0 aliphatic rings. The maximum absolute atomic E-state index is 12.0. The lowest BCUT2D eigenvalue weighted by Crippen LogP contribution is -2.08. The largest absolute Gasteiger partial charge is 0.496 e. The highest BCUT2D eigenvalue weighted by molar-refractivity contribution is 9.10. The van der Waals surface area contributed by atoms with Crippen LogP contribution < -0.4 is 10.1 Å². The standard InChI is InChI=1S/C16H12BrCl2NO2/c1-22-15-6-3-11(17)8-10(15)2-7-16(21)20-14-9-12(18)4-5-13(14)19/h2-9H,1H3,(H,20,21). The normalized spacial score (nSPS) is 10.7. The van der Waals surface area contributed by atoms with Crippen LogP contribution in [0.15, 0.2) is 46.9 Å². The molecule has 0 aliphatic carbocycles. The molecule has 1 amide bonds. The number of carbonyl (C=O) groups excluding carboxylic acids is 1. The minimum absolute atomic E-state index is 0.314. The van der Waals surface area contributed by atoms with Crippen molar-refractivity contribution >= 4 is 56.8 Å². The first-order valence-electron chi connectivity index (χ1n) is 6.27. The Kier molecular flexibility index (Phi) is 5.89. The number of hydrogen-bond donors (Lipinski definition) is 1. The van der Waals surface area contributed by atoms with Crippen molar-refractivity contribution in [3.63, 3.8) is 0 Å². The first-order valence-corrected chi connectivity index (χ1v) is 7.82. The van der Waals surface area contributed by atoms with Gasteiger partial charge in [0.2, 0.25) is 5.91 Å². The van der Waals surface area contributed by atoms with Gasteiger partial charge in [-0.2, -0.15) is 0 Å². The van der Waals surface area contributed by atoms with Crippen molar-refractivity contribution in [2.45, 2.75) is 0 Å². The lowest BCUT2D eigenvalue weighted by molar-refractivity contribution is -0.111. The zero-order chi connectivity index (χ0) is 16.1. The average Bonchev–Trinajstić information content (AvgIpc) is 2.49. The smallest absolute Gasteiger partial charge is 0.248 e. The van der Waals surface area contributed by atoms with E-state index in [2.05, 4.69) is 21.2 Å². The lowest BCUT2D eigenvalue weighted by atomic mass is 10.2. The first kappa shape index (κ1) is 16.9. The number of carbonyl (C=O) groups is 1. The monoisotopic (exact) mass is 399 g/mol. The maximum Gasteiger partial charge on any atom is 0.248 e. The number of anilines is 1. The number of rotatable bonds is 4. The second kappa shape index (κ2) is 7.68. The van der Waals surface area contributed by atoms with E-state index in [1.54, 1.807) is 31.4 Å². The van der Waals surface area contributed by atoms with Crippen LogP contribution in [-0.2, 0) is 4.79 Å². The summed E-state index contributed by atoms with van der Waals surface area (Å²) in [5.74, 6) is 0.360. The highest BCUT2D eigenvalue weighted by Crippen LogP contribution is 2.26. The van der Waals surface area contributed by atoms with Crippen molar-refractivity contribution in [1.29, 1.82) is 0 Å². The molecule has 6 heteroatoms. The second-order valence-electron chi connectivity index (χ2n) is 4.33. The fourth-order valence-corrected chi connectivity index (χ4v) is 2.48. The molecular formula is C16H12BrCl2NO2. The molecule has 0 spiro atoms. The van der Waals surface area contributed by atoms with Crippen LogP contribution in [0.4, 0.5) is 5.69 Å². The fraction of sp³-hybridized carbons (Fsp3) is 0.0625. The number of halogens is 3. The number of hydrogen-bond acceptors (Lipinski definition) is 2. The molecule has 0 heterocycles. The van der Waals surface area contributed by atoms with Crippen molar-refractivity contribution in [1.82, 2.24) is 0 Å². The molecule has 0 aromatic heterocycles. The van der Waals surface area contributed by atoms with Crippen LogP contribution in [-0.4, -0.2) is 13.0 Å². The Morgan fingerprint density at radius 2 is 2.00 bits per heavy atom. The predicted octanol–water partition coefficient (Wildman–Crippen LogP) is 5.42. The van der Waals surface area contributed by atoms with E-state index in [1.165, 1.54) is 6.08 Å². The highest BCUT2D eigenvalue weighted by Gasteiger charge is 2.05. The molecule has 0 aliphatic heterocycles. The van der Waals surface area contributed by atoms with E-state index in [0.717, 1.165) is 10.0 Å². The fourth-order valence-electron chi connectivity index (χ4n) is 1.77.